The lowest BCUT2D eigenvalue weighted by Gasteiger charge is -2.33. The van der Waals surface area contributed by atoms with Gasteiger partial charge in [-0.2, -0.15) is 0 Å². The molecule has 7 atom stereocenters. The van der Waals surface area contributed by atoms with E-state index in [1.807, 2.05) is 0 Å². The van der Waals surface area contributed by atoms with Crippen LogP contribution in [0.4, 0.5) is 0 Å². The van der Waals surface area contributed by atoms with Crippen LogP contribution < -0.4 is 30.7 Å². The zero-order valence-corrected chi connectivity index (χ0v) is 19.7. The normalized spacial score (nSPS) is 27.4. The highest BCUT2D eigenvalue weighted by atomic mass is 31.3. The van der Waals surface area contributed by atoms with Gasteiger partial charge in [-0.05, 0) is 0 Å². The van der Waals surface area contributed by atoms with E-state index in [0.29, 0.717) is 10.8 Å². The zero-order valence-electron chi connectivity index (χ0n) is 17.1. The van der Waals surface area contributed by atoms with Crippen molar-refractivity contribution >= 4 is 29.4 Å². The summed E-state index contributed by atoms with van der Waals surface area (Å²) in [5.74, 6) is -1.50. The van der Waals surface area contributed by atoms with E-state index in [1.54, 1.807) is 4.98 Å². The molecule has 0 saturated carbocycles. The van der Waals surface area contributed by atoms with Gasteiger partial charge in [-0.15, -0.1) is 0 Å². The number of nitrogens with one attached hydrogen (secondary N) is 1. The fourth-order valence-corrected chi connectivity index (χ4v) is 5.40. The molecule has 1 aliphatic heterocycles. The number of phosphoric ester groups is 1. The third-order valence-corrected chi connectivity index (χ3v) is 7.61. The second-order valence-electron chi connectivity index (χ2n) is 6.39. The molecule has 2 rings (SSSR count). The Balaban J connectivity index is 2.14. The smallest absolute Gasteiger partial charge is 0.343 e. The number of hydrogen-bond acceptors (Lipinski definition) is 17. The first-order valence-electron chi connectivity index (χ1n) is 8.74. The number of aliphatic hydroxyl groups is 2. The molecule has 1 aromatic heterocycles. The molecule has 1 aliphatic rings. The van der Waals surface area contributed by atoms with Gasteiger partial charge in [-0.3, -0.25) is 28.0 Å². The first-order chi connectivity index (χ1) is 15.9. The molecule has 0 amide bonds. The van der Waals surface area contributed by atoms with Crippen LogP contribution in [0.5, 0.6) is 5.75 Å². The summed E-state index contributed by atoms with van der Waals surface area (Å²) in [5, 5.41) is 20.3. The van der Waals surface area contributed by atoms with E-state index in [2.05, 4.69) is 17.9 Å². The third kappa shape index (κ3) is 8.40. The van der Waals surface area contributed by atoms with Crippen LogP contribution in [0.25, 0.3) is 0 Å². The number of ether oxygens (including phenoxy) is 3. The Hall–Kier alpha value is -1.76. The van der Waals surface area contributed by atoms with Gasteiger partial charge in [-0.25, -0.2) is 18.2 Å². The number of carbonyl (C=O) groups excluding carboxylic acids is 1. The molecular weight excluding hydrogens is 553 g/mol. The predicted octanol–water partition coefficient (Wildman–Crippen LogP) is -4.85. The van der Waals surface area contributed by atoms with Gasteiger partial charge in [0.1, 0.15) is 18.3 Å². The van der Waals surface area contributed by atoms with Crippen molar-refractivity contribution in [3.8, 4) is 5.75 Å². The average Bonchev–Trinajstić information content (AvgIpc) is 2.97. The van der Waals surface area contributed by atoms with E-state index < -0.39 is 84.2 Å². The van der Waals surface area contributed by atoms with Gasteiger partial charge in [0.15, 0.2) is 12.8 Å². The van der Waals surface area contributed by atoms with E-state index in [4.69, 9.17) is 14.4 Å². The number of methoxy groups -OCH3 is 1. The van der Waals surface area contributed by atoms with Crippen molar-refractivity contribution in [2.75, 3.05) is 20.3 Å². The molecule has 200 valence electrons. The van der Waals surface area contributed by atoms with Crippen LogP contribution in [0, 0.1) is 0 Å². The van der Waals surface area contributed by atoms with Crippen LogP contribution >= 0.6 is 23.5 Å². The van der Waals surface area contributed by atoms with Crippen molar-refractivity contribution < 1.29 is 75.6 Å². The molecule has 2 heterocycles. The van der Waals surface area contributed by atoms with E-state index in [1.165, 1.54) is 0 Å². The number of H-pyrrole nitrogens is 1. The fraction of sp³-hybridized carbons (Fsp3) is 0.583. The quantitative estimate of drug-likeness (QED) is 0.143. The van der Waals surface area contributed by atoms with Gasteiger partial charge >= 0.3 is 11.7 Å². The molecule has 4 unspecified atom stereocenters. The summed E-state index contributed by atoms with van der Waals surface area (Å²) in [6.07, 6.45) is -6.77. The first kappa shape index (κ1) is 29.5. The third-order valence-electron chi connectivity index (χ3n) is 3.92. The largest absolute Gasteiger partial charge is 0.756 e. The van der Waals surface area contributed by atoms with E-state index in [0.717, 1.165) is 7.11 Å². The van der Waals surface area contributed by atoms with Crippen molar-refractivity contribution in [1.29, 1.82) is 0 Å². The highest BCUT2D eigenvalue weighted by Crippen LogP contribution is 2.61. The lowest BCUT2D eigenvalue weighted by Crippen LogP contribution is -2.38. The molecule has 20 nitrogen and oxygen atoms in total. The maximum absolute atomic E-state index is 12.1. The molecule has 1 saturated heterocycles. The summed E-state index contributed by atoms with van der Waals surface area (Å²) < 4.78 is 58.7. The Labute approximate surface area is 193 Å². The van der Waals surface area contributed by atoms with Crippen molar-refractivity contribution in [2.24, 2.45) is 0 Å². The molecule has 1 fully saturated rings. The number of rotatable bonds is 11. The molecule has 0 aliphatic carbocycles. The van der Waals surface area contributed by atoms with Crippen LogP contribution in [-0.4, -0.2) is 69.3 Å². The van der Waals surface area contributed by atoms with E-state index >= 15 is 0 Å². The maximum atomic E-state index is 12.1. The Bertz CT molecular complexity index is 1190. The summed E-state index contributed by atoms with van der Waals surface area (Å²) in [7, 11) is -17.0. The van der Waals surface area contributed by atoms with Gasteiger partial charge in [0, 0.05) is 0 Å². The van der Waals surface area contributed by atoms with Crippen molar-refractivity contribution in [3.05, 3.63) is 27.0 Å². The van der Waals surface area contributed by atoms with Gasteiger partial charge in [0.2, 0.25) is 5.75 Å². The summed E-state index contributed by atoms with van der Waals surface area (Å²) >= 11 is 0. The van der Waals surface area contributed by atoms with Gasteiger partial charge in [-0.1, -0.05) is 0 Å². The first-order valence-corrected chi connectivity index (χ1v) is 13.2. The Morgan fingerprint density at radius 3 is 2.34 bits per heavy atom. The highest BCUT2D eigenvalue weighted by Gasteiger charge is 2.45. The molecule has 23 heteroatoms. The second-order valence-corrected chi connectivity index (χ2v) is 10.7. The van der Waals surface area contributed by atoms with Crippen LogP contribution in [0.2, 0.25) is 0 Å². The van der Waals surface area contributed by atoms with Gasteiger partial charge in [0.25, 0.3) is 29.0 Å². The minimum Gasteiger partial charge on any atom is -0.756 e. The minimum absolute atomic E-state index is 0.516. The number of nitrogens with zero attached hydrogens (tertiary/aromatic N) is 1. The summed E-state index contributed by atoms with van der Waals surface area (Å²) in [5.41, 5.74) is -2.27. The van der Waals surface area contributed by atoms with Crippen LogP contribution in [0.1, 0.15) is 6.23 Å². The molecule has 35 heavy (non-hydrogen) atoms. The topological polar surface area (TPSA) is 308 Å². The summed E-state index contributed by atoms with van der Waals surface area (Å²) in [6.45, 7) is -1.98. The average molecular weight is 569 g/mol. The zero-order chi connectivity index (χ0) is 26.8. The van der Waals surface area contributed by atoms with Crippen molar-refractivity contribution in [1.82, 2.24) is 9.55 Å². The molecule has 0 radical (unpaired) electrons. The number of aliphatic hydroxyl groups excluding tert-OH is 2. The molecule has 4 N–H and O–H groups in total. The molecule has 0 spiro atoms. The molecule has 1 aromatic rings. The lowest BCUT2D eigenvalue weighted by atomic mass is 10.1. The van der Waals surface area contributed by atoms with Gasteiger partial charge in [0.05, 0.1) is 19.9 Å². The maximum Gasteiger partial charge on any atom is 0.343 e. The number of aromatic nitrogens is 2. The van der Waals surface area contributed by atoms with Crippen LogP contribution in [0.15, 0.2) is 15.8 Å². The number of aromatic amines is 1. The summed E-state index contributed by atoms with van der Waals surface area (Å²) in [4.78, 5) is 78.4. The summed E-state index contributed by atoms with van der Waals surface area (Å²) in [6, 6.07) is 0. The Morgan fingerprint density at radius 1 is 1.14 bits per heavy atom. The number of hydrogen-bond donors (Lipinski definition) is 4. The monoisotopic (exact) mass is 569 g/mol. The van der Waals surface area contributed by atoms with E-state index in [-0.39, 0.29) is 0 Å². The number of phosphoric acid groups is 3. The lowest BCUT2D eigenvalue weighted by molar-refractivity contribution is -0.250. The Morgan fingerprint density at radius 2 is 1.77 bits per heavy atom. The number of carbonyl (C=O) groups is 1. The van der Waals surface area contributed by atoms with Crippen molar-refractivity contribution in [3.63, 3.8) is 0 Å². The van der Waals surface area contributed by atoms with Crippen LogP contribution in [0.3, 0.4) is 0 Å². The second kappa shape index (κ2) is 11.1. The molecule has 0 bridgehead atoms. The molecule has 0 aromatic carbocycles. The molecular formula is C12H16N2O18P3-3. The van der Waals surface area contributed by atoms with Crippen molar-refractivity contribution in [2.45, 2.75) is 24.5 Å². The van der Waals surface area contributed by atoms with Crippen LogP contribution in [-0.2, 0) is 41.1 Å². The van der Waals surface area contributed by atoms with Gasteiger partial charge < -0.3 is 48.5 Å². The standard InChI is InChI=1S/C12H19N2O18P3/c1-27-7(15)4-28-5-2-14(12(19)13-10(5)18)11-9(17)8(16)6(30-11)3-29-34(23,24)32-35(25,26)31-33(20,21)22/h2,6,8-9,11,16-17H,3-4H2,1H3,(H,23,24)(H,25,26)(H,13,18,19)(H2,20,21,22)/p-3/t6-,8?,9+,11-/m1/s1. The SMILES string of the molecule is COC(=O)COc1cn([C@@H]2O[C@H](COP(=O)([O-])OP(=O)([O-])OP(=O)([O-])O)C(O)[C@@H]2O)c(=O)[nH]c1=O. The minimum atomic E-state index is -6.17. The fourth-order valence-electron chi connectivity index (χ4n) is 2.50. The number of esters is 1. The van der Waals surface area contributed by atoms with E-state index in [9.17, 15) is 53.0 Å². The Kier molecular flexibility index (Phi) is 9.35. The highest BCUT2D eigenvalue weighted by molar-refractivity contribution is 7.65. The predicted molar refractivity (Wildman–Crippen MR) is 97.9 cm³/mol.